The molecule has 154 valence electrons. The average molecular weight is 386 g/mol. The van der Waals surface area contributed by atoms with Crippen LogP contribution < -0.4 is 0 Å². The molecule has 2 aliphatic heterocycles. The molecular formula is C23H35N3O2. The van der Waals surface area contributed by atoms with Gasteiger partial charge in [-0.2, -0.15) is 0 Å². The van der Waals surface area contributed by atoms with Crippen LogP contribution in [-0.2, 0) is 4.79 Å². The molecule has 0 aromatic heterocycles. The SMILES string of the molecule is CC(=O)c1ccc([C@H](C)N2CCN(C3(C)CCN(C(C)=O)CC3)C[C@@H]2C)cc1. The molecule has 1 aromatic rings. The van der Waals surface area contributed by atoms with E-state index in [0.717, 1.165) is 51.1 Å². The number of rotatable bonds is 4. The summed E-state index contributed by atoms with van der Waals surface area (Å²) in [5.74, 6) is 0.315. The predicted molar refractivity (Wildman–Crippen MR) is 112 cm³/mol. The average Bonchev–Trinajstić information content (AvgIpc) is 2.67. The van der Waals surface area contributed by atoms with Gasteiger partial charge in [0, 0.05) is 62.8 Å². The Morgan fingerprint density at radius 1 is 1.04 bits per heavy atom. The van der Waals surface area contributed by atoms with Crippen LogP contribution in [0.5, 0.6) is 0 Å². The molecular weight excluding hydrogens is 350 g/mol. The molecule has 0 unspecified atom stereocenters. The van der Waals surface area contributed by atoms with Crippen LogP contribution in [0.3, 0.4) is 0 Å². The normalized spacial score (nSPS) is 24.8. The Balaban J connectivity index is 1.61. The second kappa shape index (κ2) is 8.34. The summed E-state index contributed by atoms with van der Waals surface area (Å²) in [7, 11) is 0. The number of likely N-dealkylation sites (tertiary alicyclic amines) is 1. The number of ketones is 1. The largest absolute Gasteiger partial charge is 0.343 e. The van der Waals surface area contributed by atoms with Crippen molar-refractivity contribution in [3.63, 3.8) is 0 Å². The summed E-state index contributed by atoms with van der Waals surface area (Å²) in [5, 5.41) is 0. The summed E-state index contributed by atoms with van der Waals surface area (Å²) in [4.78, 5) is 30.4. The summed E-state index contributed by atoms with van der Waals surface area (Å²) < 4.78 is 0. The first-order chi connectivity index (χ1) is 13.2. The van der Waals surface area contributed by atoms with Gasteiger partial charge in [-0.05, 0) is 46.1 Å². The van der Waals surface area contributed by atoms with Gasteiger partial charge >= 0.3 is 0 Å². The highest BCUT2D eigenvalue weighted by molar-refractivity contribution is 5.94. The zero-order valence-corrected chi connectivity index (χ0v) is 18.1. The van der Waals surface area contributed by atoms with Gasteiger partial charge in [0.1, 0.15) is 0 Å². The maximum absolute atomic E-state index is 11.6. The van der Waals surface area contributed by atoms with E-state index < -0.39 is 0 Å². The van der Waals surface area contributed by atoms with Crippen LogP contribution in [0.25, 0.3) is 0 Å². The van der Waals surface area contributed by atoms with Gasteiger partial charge in [0.15, 0.2) is 5.78 Å². The van der Waals surface area contributed by atoms with E-state index in [1.807, 2.05) is 17.0 Å². The van der Waals surface area contributed by atoms with E-state index in [4.69, 9.17) is 0 Å². The molecule has 0 aliphatic carbocycles. The monoisotopic (exact) mass is 385 g/mol. The summed E-state index contributed by atoms with van der Waals surface area (Å²) >= 11 is 0. The number of piperidine rings is 1. The van der Waals surface area contributed by atoms with Crippen LogP contribution in [0, 0.1) is 0 Å². The molecule has 1 amide bonds. The van der Waals surface area contributed by atoms with Gasteiger partial charge in [-0.3, -0.25) is 19.4 Å². The van der Waals surface area contributed by atoms with Crippen LogP contribution in [0.2, 0.25) is 0 Å². The number of benzene rings is 1. The third-order valence-corrected chi connectivity index (χ3v) is 7.03. The van der Waals surface area contributed by atoms with Gasteiger partial charge in [-0.15, -0.1) is 0 Å². The third-order valence-electron chi connectivity index (χ3n) is 7.03. The summed E-state index contributed by atoms with van der Waals surface area (Å²) in [6, 6.07) is 8.89. The first kappa shape index (κ1) is 21.0. The molecule has 0 radical (unpaired) electrons. The number of hydrogen-bond donors (Lipinski definition) is 0. The molecule has 0 saturated carbocycles. The molecule has 5 nitrogen and oxygen atoms in total. The molecule has 2 atom stereocenters. The molecule has 2 fully saturated rings. The number of amides is 1. The van der Waals surface area contributed by atoms with Crippen LogP contribution in [0.15, 0.2) is 24.3 Å². The fourth-order valence-corrected chi connectivity index (χ4v) is 4.84. The summed E-state index contributed by atoms with van der Waals surface area (Å²) in [6.45, 7) is 15.2. The van der Waals surface area contributed by atoms with E-state index in [1.165, 1.54) is 5.56 Å². The highest BCUT2D eigenvalue weighted by Gasteiger charge is 2.40. The molecule has 2 heterocycles. The van der Waals surface area contributed by atoms with Gasteiger partial charge < -0.3 is 4.90 Å². The Bertz CT molecular complexity index is 707. The van der Waals surface area contributed by atoms with Crippen molar-refractivity contribution >= 4 is 11.7 Å². The first-order valence-corrected chi connectivity index (χ1v) is 10.6. The Labute approximate surface area is 169 Å². The minimum atomic E-state index is 0.116. The third kappa shape index (κ3) is 4.31. The minimum Gasteiger partial charge on any atom is -0.343 e. The van der Waals surface area contributed by atoms with Crippen molar-refractivity contribution in [2.24, 2.45) is 0 Å². The van der Waals surface area contributed by atoms with Crippen LogP contribution in [0.4, 0.5) is 0 Å². The number of nitrogens with zero attached hydrogens (tertiary/aromatic N) is 3. The van der Waals surface area contributed by atoms with Gasteiger partial charge in [-0.25, -0.2) is 0 Å². The molecule has 2 aliphatic rings. The first-order valence-electron chi connectivity index (χ1n) is 10.6. The standard InChI is InChI=1S/C23H35N3O2/c1-17-16-25(23(5)10-12-24(13-11-23)20(4)28)14-15-26(17)18(2)21-6-8-22(9-7-21)19(3)27/h6-9,17-18H,10-16H2,1-5H3/t17-,18-/m0/s1. The number of piperazine rings is 1. The lowest BCUT2D eigenvalue weighted by Gasteiger charge is -2.52. The van der Waals surface area contributed by atoms with E-state index in [1.54, 1.807) is 13.8 Å². The van der Waals surface area contributed by atoms with E-state index in [0.29, 0.717) is 12.1 Å². The molecule has 0 bridgehead atoms. The number of carbonyl (C=O) groups excluding carboxylic acids is 2. The van der Waals surface area contributed by atoms with Crippen LogP contribution in [-0.4, -0.2) is 70.7 Å². The number of hydrogen-bond acceptors (Lipinski definition) is 4. The van der Waals surface area contributed by atoms with Crippen molar-refractivity contribution in [3.05, 3.63) is 35.4 Å². The molecule has 28 heavy (non-hydrogen) atoms. The van der Waals surface area contributed by atoms with E-state index in [2.05, 4.69) is 42.7 Å². The second-order valence-electron chi connectivity index (χ2n) is 8.89. The molecule has 0 N–H and O–H groups in total. The van der Waals surface area contributed by atoms with Gasteiger partial charge in [0.2, 0.25) is 5.91 Å². The smallest absolute Gasteiger partial charge is 0.219 e. The molecule has 2 saturated heterocycles. The Morgan fingerprint density at radius 2 is 1.64 bits per heavy atom. The fraction of sp³-hybridized carbons (Fsp3) is 0.652. The van der Waals surface area contributed by atoms with Crippen molar-refractivity contribution in [2.75, 3.05) is 32.7 Å². The van der Waals surface area contributed by atoms with E-state index in [9.17, 15) is 9.59 Å². The van der Waals surface area contributed by atoms with E-state index in [-0.39, 0.29) is 17.2 Å². The zero-order chi connectivity index (χ0) is 20.5. The van der Waals surface area contributed by atoms with Crippen molar-refractivity contribution in [2.45, 2.75) is 65.1 Å². The van der Waals surface area contributed by atoms with Gasteiger partial charge in [-0.1, -0.05) is 24.3 Å². The second-order valence-corrected chi connectivity index (χ2v) is 8.89. The fourth-order valence-electron chi connectivity index (χ4n) is 4.84. The van der Waals surface area contributed by atoms with Crippen LogP contribution >= 0.6 is 0 Å². The summed E-state index contributed by atoms with van der Waals surface area (Å²) in [5.41, 5.74) is 2.24. The molecule has 5 heteroatoms. The summed E-state index contributed by atoms with van der Waals surface area (Å²) in [6.07, 6.45) is 2.11. The lowest BCUT2D eigenvalue weighted by molar-refractivity contribution is -0.132. The minimum absolute atomic E-state index is 0.116. The highest BCUT2D eigenvalue weighted by Crippen LogP contribution is 2.33. The number of carbonyl (C=O) groups is 2. The topological polar surface area (TPSA) is 43.9 Å². The quantitative estimate of drug-likeness (QED) is 0.746. The van der Waals surface area contributed by atoms with Crippen molar-refractivity contribution < 1.29 is 9.59 Å². The van der Waals surface area contributed by atoms with Crippen molar-refractivity contribution in [1.82, 2.24) is 14.7 Å². The highest BCUT2D eigenvalue weighted by atomic mass is 16.2. The lowest BCUT2D eigenvalue weighted by atomic mass is 9.86. The Hall–Kier alpha value is -1.72. The van der Waals surface area contributed by atoms with Gasteiger partial charge in [0.05, 0.1) is 0 Å². The number of Topliss-reactive ketones (excluding diaryl/α,β-unsaturated/α-hetero) is 1. The maximum atomic E-state index is 11.6. The van der Waals surface area contributed by atoms with Crippen molar-refractivity contribution in [1.29, 1.82) is 0 Å². The molecule has 3 rings (SSSR count). The predicted octanol–water partition coefficient (Wildman–Crippen LogP) is 3.36. The molecule has 0 spiro atoms. The van der Waals surface area contributed by atoms with Crippen LogP contribution in [0.1, 0.15) is 69.4 Å². The maximum Gasteiger partial charge on any atom is 0.219 e. The Morgan fingerprint density at radius 3 is 2.14 bits per heavy atom. The van der Waals surface area contributed by atoms with Gasteiger partial charge in [0.25, 0.3) is 0 Å². The van der Waals surface area contributed by atoms with Crippen molar-refractivity contribution in [3.8, 4) is 0 Å². The Kier molecular flexibility index (Phi) is 6.25. The zero-order valence-electron chi connectivity index (χ0n) is 18.1. The molecule has 1 aromatic carbocycles. The van der Waals surface area contributed by atoms with E-state index >= 15 is 0 Å². The lowest BCUT2D eigenvalue weighted by Crippen LogP contribution is -2.62.